The predicted molar refractivity (Wildman–Crippen MR) is 98.9 cm³/mol. The molecule has 0 aromatic carbocycles. The van der Waals surface area contributed by atoms with Gasteiger partial charge in [-0.15, -0.1) is 22.0 Å². The van der Waals surface area contributed by atoms with Crippen molar-refractivity contribution in [1.29, 1.82) is 0 Å². The third-order valence-corrected chi connectivity index (χ3v) is 5.01. The fraction of sp³-hybridized carbons (Fsp3) is 0.533. The van der Waals surface area contributed by atoms with Crippen LogP contribution in [-0.2, 0) is 16.0 Å². The summed E-state index contributed by atoms with van der Waals surface area (Å²) in [5.74, 6) is 1.16. The van der Waals surface area contributed by atoms with Crippen molar-refractivity contribution in [3.8, 4) is 0 Å². The molecule has 0 aliphatic heterocycles. The van der Waals surface area contributed by atoms with Crippen molar-refractivity contribution in [2.75, 3.05) is 16.4 Å². The monoisotopic (exact) mass is 383 g/mol. The van der Waals surface area contributed by atoms with Gasteiger partial charge in [0.1, 0.15) is 10.8 Å². The van der Waals surface area contributed by atoms with E-state index in [2.05, 4.69) is 39.8 Å². The van der Waals surface area contributed by atoms with Gasteiger partial charge < -0.3 is 9.84 Å². The second kappa shape index (κ2) is 8.95. The van der Waals surface area contributed by atoms with E-state index >= 15 is 0 Å². The molecule has 0 saturated heterocycles. The molecule has 2 amide bonds. The van der Waals surface area contributed by atoms with Crippen molar-refractivity contribution in [3.05, 3.63) is 16.8 Å². The molecule has 8 nitrogen and oxygen atoms in total. The number of aryl methyl sites for hydroxylation is 1. The zero-order valence-electron chi connectivity index (χ0n) is 14.5. The Bertz CT molecular complexity index is 728. The van der Waals surface area contributed by atoms with Gasteiger partial charge in [0, 0.05) is 12.5 Å². The van der Waals surface area contributed by atoms with E-state index in [4.69, 9.17) is 4.52 Å². The van der Waals surface area contributed by atoms with E-state index in [0.29, 0.717) is 22.6 Å². The highest BCUT2D eigenvalue weighted by atomic mass is 32.2. The molecular formula is C15H21N5O3S2. The highest BCUT2D eigenvalue weighted by Crippen LogP contribution is 2.19. The van der Waals surface area contributed by atoms with E-state index < -0.39 is 5.25 Å². The zero-order chi connectivity index (χ0) is 18.4. The van der Waals surface area contributed by atoms with Gasteiger partial charge in [-0.05, 0) is 19.8 Å². The summed E-state index contributed by atoms with van der Waals surface area (Å²) in [4.78, 5) is 24.0. The Morgan fingerprint density at radius 3 is 2.68 bits per heavy atom. The number of thioether (sulfide) groups is 1. The van der Waals surface area contributed by atoms with Crippen molar-refractivity contribution in [2.45, 2.75) is 39.4 Å². The molecule has 2 heterocycles. The number of rotatable bonds is 8. The van der Waals surface area contributed by atoms with Crippen LogP contribution in [0.3, 0.4) is 0 Å². The summed E-state index contributed by atoms with van der Waals surface area (Å²) in [7, 11) is 0. The molecule has 2 aromatic heterocycles. The maximum Gasteiger partial charge on any atom is 0.238 e. The summed E-state index contributed by atoms with van der Waals surface area (Å²) < 4.78 is 4.89. The lowest BCUT2D eigenvalue weighted by Gasteiger charge is -2.09. The molecule has 10 heteroatoms. The Balaban J connectivity index is 1.75. The van der Waals surface area contributed by atoms with Gasteiger partial charge in [-0.2, -0.15) is 0 Å². The van der Waals surface area contributed by atoms with Crippen LogP contribution in [0.5, 0.6) is 0 Å². The topological polar surface area (TPSA) is 110 Å². The maximum atomic E-state index is 12.0. The van der Waals surface area contributed by atoms with Gasteiger partial charge in [-0.25, -0.2) is 0 Å². The average Bonchev–Trinajstić information content (AvgIpc) is 3.13. The van der Waals surface area contributed by atoms with E-state index in [1.54, 1.807) is 19.9 Å². The van der Waals surface area contributed by atoms with Crippen LogP contribution in [0.4, 0.5) is 10.9 Å². The second-order valence-corrected chi connectivity index (χ2v) is 8.30. The van der Waals surface area contributed by atoms with Crippen molar-refractivity contribution < 1.29 is 14.1 Å². The third-order valence-electron chi connectivity index (χ3n) is 3.01. The van der Waals surface area contributed by atoms with Crippen LogP contribution < -0.4 is 10.6 Å². The smallest absolute Gasteiger partial charge is 0.238 e. The van der Waals surface area contributed by atoms with Crippen LogP contribution in [-0.4, -0.2) is 38.2 Å². The van der Waals surface area contributed by atoms with Crippen molar-refractivity contribution >= 4 is 45.9 Å². The Hall–Kier alpha value is -1.94. The molecule has 0 saturated carbocycles. The van der Waals surface area contributed by atoms with Crippen LogP contribution >= 0.6 is 23.1 Å². The molecule has 25 heavy (non-hydrogen) atoms. The number of aromatic nitrogens is 3. The largest absolute Gasteiger partial charge is 0.360 e. The molecule has 2 aromatic rings. The van der Waals surface area contributed by atoms with E-state index in [-0.39, 0.29) is 17.6 Å². The summed E-state index contributed by atoms with van der Waals surface area (Å²) in [5, 5.41) is 18.0. The van der Waals surface area contributed by atoms with Gasteiger partial charge in [0.25, 0.3) is 0 Å². The fourth-order valence-electron chi connectivity index (χ4n) is 1.82. The Kier molecular flexibility index (Phi) is 6.94. The predicted octanol–water partition coefficient (Wildman–Crippen LogP) is 2.73. The first-order valence-corrected chi connectivity index (χ1v) is 9.68. The van der Waals surface area contributed by atoms with Crippen LogP contribution in [0.2, 0.25) is 0 Å². The minimum Gasteiger partial charge on any atom is -0.360 e. The summed E-state index contributed by atoms with van der Waals surface area (Å²) >= 11 is 2.60. The van der Waals surface area contributed by atoms with Gasteiger partial charge in [-0.1, -0.05) is 30.3 Å². The minimum atomic E-state index is -0.409. The van der Waals surface area contributed by atoms with Crippen molar-refractivity contribution in [2.24, 2.45) is 5.92 Å². The Morgan fingerprint density at radius 2 is 2.04 bits per heavy atom. The van der Waals surface area contributed by atoms with E-state index in [1.807, 2.05) is 0 Å². The lowest BCUT2D eigenvalue weighted by molar-refractivity contribution is -0.115. The third kappa shape index (κ3) is 6.46. The lowest BCUT2D eigenvalue weighted by atomic mass is 10.1. The van der Waals surface area contributed by atoms with Crippen LogP contribution in [0.15, 0.2) is 10.6 Å². The van der Waals surface area contributed by atoms with E-state index in [0.717, 1.165) is 11.4 Å². The van der Waals surface area contributed by atoms with Gasteiger partial charge in [-0.3, -0.25) is 14.9 Å². The van der Waals surface area contributed by atoms with Crippen molar-refractivity contribution in [3.63, 3.8) is 0 Å². The second-order valence-electron chi connectivity index (χ2n) is 5.91. The number of amides is 2. The Morgan fingerprint density at radius 1 is 1.28 bits per heavy atom. The highest BCUT2D eigenvalue weighted by Gasteiger charge is 2.17. The highest BCUT2D eigenvalue weighted by molar-refractivity contribution is 8.01. The number of carbonyl (C=O) groups excluding carboxylic acids is 2. The molecule has 2 N–H and O–H groups in total. The molecule has 2 rings (SSSR count). The van der Waals surface area contributed by atoms with E-state index in [9.17, 15) is 9.59 Å². The number of hydrogen-bond acceptors (Lipinski definition) is 8. The van der Waals surface area contributed by atoms with Gasteiger partial charge in [0.05, 0.1) is 11.0 Å². The number of nitrogens with one attached hydrogen (secondary N) is 2. The molecule has 0 aliphatic rings. The molecule has 0 spiro atoms. The molecule has 0 unspecified atom stereocenters. The number of hydrogen-bond donors (Lipinski definition) is 2. The van der Waals surface area contributed by atoms with Gasteiger partial charge in [0.2, 0.25) is 16.9 Å². The number of carbonyl (C=O) groups is 2. The summed E-state index contributed by atoms with van der Waals surface area (Å²) in [5.41, 5.74) is 0. The first-order chi connectivity index (χ1) is 11.8. The summed E-state index contributed by atoms with van der Waals surface area (Å²) in [6.07, 6.45) is 0.834. The molecule has 0 aliphatic carbocycles. The van der Waals surface area contributed by atoms with Crippen molar-refractivity contribution in [1.82, 2.24) is 15.4 Å². The molecule has 0 radical (unpaired) electrons. The average molecular weight is 383 g/mol. The quantitative estimate of drug-likeness (QED) is 0.721. The fourth-order valence-corrected chi connectivity index (χ4v) is 3.47. The summed E-state index contributed by atoms with van der Waals surface area (Å²) in [6.45, 7) is 7.67. The SMILES string of the molecule is Cc1cc(NC(=O)[C@H](C)SCC(=O)Nc2nnc(CC(C)C)s2)no1. The lowest BCUT2D eigenvalue weighted by Crippen LogP contribution is -2.25. The number of anilines is 2. The molecule has 136 valence electrons. The molecule has 0 fully saturated rings. The van der Waals surface area contributed by atoms with E-state index in [1.165, 1.54) is 23.1 Å². The first-order valence-electron chi connectivity index (χ1n) is 7.81. The standard InChI is InChI=1S/C15H21N5O3S2/c1-8(2)5-13-18-19-15(25-13)17-12(21)7-24-10(4)14(22)16-11-6-9(3)23-20-11/h6,8,10H,5,7H2,1-4H3,(H,16,20,22)(H,17,19,21)/t10-/m0/s1. The van der Waals surface area contributed by atoms with Crippen LogP contribution in [0.25, 0.3) is 0 Å². The minimum absolute atomic E-state index is 0.144. The molecular weight excluding hydrogens is 362 g/mol. The maximum absolute atomic E-state index is 12.0. The first kappa shape index (κ1) is 19.4. The zero-order valence-corrected chi connectivity index (χ0v) is 16.2. The van der Waals surface area contributed by atoms with Crippen LogP contribution in [0, 0.1) is 12.8 Å². The number of nitrogens with zero attached hydrogens (tertiary/aromatic N) is 3. The molecule has 0 bridgehead atoms. The van der Waals surface area contributed by atoms with Gasteiger partial charge in [0.15, 0.2) is 5.82 Å². The Labute approximate surface area is 154 Å². The van der Waals surface area contributed by atoms with Gasteiger partial charge >= 0.3 is 0 Å². The molecule has 1 atom stereocenters. The normalized spacial score (nSPS) is 12.2. The summed E-state index contributed by atoms with van der Waals surface area (Å²) in [6, 6.07) is 1.63. The van der Waals surface area contributed by atoms with Crippen LogP contribution in [0.1, 0.15) is 31.5 Å².